The molecule has 0 radical (unpaired) electrons. The van der Waals surface area contributed by atoms with E-state index in [1.165, 1.54) is 0 Å². The number of anilines is 1. The highest BCUT2D eigenvalue weighted by Crippen LogP contribution is 2.28. The van der Waals surface area contributed by atoms with Crippen LogP contribution in [0.4, 0.5) is 10.5 Å². The number of methoxy groups -OCH3 is 2. The lowest BCUT2D eigenvalue weighted by atomic mass is 10.0. The quantitative estimate of drug-likeness (QED) is 0.542. The van der Waals surface area contributed by atoms with E-state index in [-0.39, 0.29) is 18.0 Å². The fourth-order valence-electron chi connectivity index (χ4n) is 4.05. The molecule has 1 fully saturated rings. The Morgan fingerprint density at radius 1 is 1.00 bits per heavy atom. The lowest BCUT2D eigenvalue weighted by Gasteiger charge is -2.34. The van der Waals surface area contributed by atoms with Crippen molar-refractivity contribution in [3.05, 3.63) is 53.6 Å². The van der Waals surface area contributed by atoms with Crippen LogP contribution in [-0.2, 0) is 6.42 Å². The standard InChI is InChI=1S/C25H34N4O4/c1-4-26-25(31)28-19-12-15-29(16-13-19)21-8-6-5-7-20(21)24(30)27-14-11-18-9-10-22(32-2)23(17-18)33-3/h5-10,17,19H,4,11-16H2,1-3H3,(H,27,30)(H2,26,28,31). The van der Waals surface area contributed by atoms with Gasteiger partial charge in [0.15, 0.2) is 11.5 Å². The van der Waals surface area contributed by atoms with Gasteiger partial charge in [-0.15, -0.1) is 0 Å². The number of rotatable bonds is 9. The molecule has 1 saturated heterocycles. The Morgan fingerprint density at radius 2 is 1.73 bits per heavy atom. The number of hydrogen-bond acceptors (Lipinski definition) is 5. The van der Waals surface area contributed by atoms with Gasteiger partial charge in [0, 0.05) is 37.9 Å². The van der Waals surface area contributed by atoms with E-state index in [0.717, 1.165) is 37.2 Å². The zero-order chi connectivity index (χ0) is 23.6. The Morgan fingerprint density at radius 3 is 2.42 bits per heavy atom. The van der Waals surface area contributed by atoms with E-state index in [4.69, 9.17) is 9.47 Å². The minimum absolute atomic E-state index is 0.0892. The predicted molar refractivity (Wildman–Crippen MR) is 129 cm³/mol. The SMILES string of the molecule is CCNC(=O)NC1CCN(c2ccccc2C(=O)NCCc2ccc(OC)c(OC)c2)CC1. The zero-order valence-corrected chi connectivity index (χ0v) is 19.6. The minimum Gasteiger partial charge on any atom is -0.493 e. The van der Waals surface area contributed by atoms with E-state index in [2.05, 4.69) is 20.9 Å². The van der Waals surface area contributed by atoms with Crippen LogP contribution in [0.3, 0.4) is 0 Å². The van der Waals surface area contributed by atoms with Gasteiger partial charge >= 0.3 is 6.03 Å². The van der Waals surface area contributed by atoms with Crippen LogP contribution < -0.4 is 30.3 Å². The number of ether oxygens (including phenoxy) is 2. The Bertz CT molecular complexity index is 942. The molecule has 0 bridgehead atoms. The van der Waals surface area contributed by atoms with Gasteiger partial charge in [-0.25, -0.2) is 4.79 Å². The third-order valence-corrected chi connectivity index (χ3v) is 5.80. The molecular formula is C25H34N4O4. The molecule has 3 amide bonds. The smallest absolute Gasteiger partial charge is 0.314 e. The van der Waals surface area contributed by atoms with Crippen molar-refractivity contribution in [3.63, 3.8) is 0 Å². The van der Waals surface area contributed by atoms with E-state index in [9.17, 15) is 9.59 Å². The molecule has 0 saturated carbocycles. The Hall–Kier alpha value is -3.42. The number of piperidine rings is 1. The van der Waals surface area contributed by atoms with Gasteiger partial charge in [-0.2, -0.15) is 0 Å². The molecule has 0 atom stereocenters. The van der Waals surface area contributed by atoms with Crippen LogP contribution in [-0.4, -0.2) is 58.4 Å². The molecule has 2 aromatic rings. The second-order valence-electron chi connectivity index (χ2n) is 7.98. The molecule has 33 heavy (non-hydrogen) atoms. The number of carbonyl (C=O) groups is 2. The fourth-order valence-corrected chi connectivity index (χ4v) is 4.05. The Balaban J connectivity index is 1.56. The lowest BCUT2D eigenvalue weighted by Crippen LogP contribution is -2.48. The summed E-state index contributed by atoms with van der Waals surface area (Å²) in [6.45, 7) is 4.60. The molecule has 8 heteroatoms. The first kappa shape index (κ1) is 24.2. The van der Waals surface area contributed by atoms with Crippen LogP contribution in [0.2, 0.25) is 0 Å². The molecule has 0 unspecified atom stereocenters. The van der Waals surface area contributed by atoms with E-state index >= 15 is 0 Å². The van der Waals surface area contributed by atoms with E-state index in [1.54, 1.807) is 14.2 Å². The van der Waals surface area contributed by atoms with E-state index in [0.29, 0.717) is 36.6 Å². The maximum Gasteiger partial charge on any atom is 0.314 e. The number of urea groups is 1. The van der Waals surface area contributed by atoms with Crippen molar-refractivity contribution in [2.24, 2.45) is 0 Å². The number of benzene rings is 2. The van der Waals surface area contributed by atoms with Crippen LogP contribution in [0.5, 0.6) is 11.5 Å². The van der Waals surface area contributed by atoms with E-state index in [1.807, 2.05) is 49.4 Å². The molecule has 0 spiro atoms. The molecule has 1 aliphatic rings. The maximum atomic E-state index is 13.0. The van der Waals surface area contributed by atoms with Gasteiger partial charge in [-0.05, 0) is 56.0 Å². The highest BCUT2D eigenvalue weighted by Gasteiger charge is 2.23. The first-order chi connectivity index (χ1) is 16.0. The first-order valence-electron chi connectivity index (χ1n) is 11.4. The van der Waals surface area contributed by atoms with Crippen molar-refractivity contribution in [3.8, 4) is 11.5 Å². The van der Waals surface area contributed by atoms with Crippen LogP contribution >= 0.6 is 0 Å². The van der Waals surface area contributed by atoms with Gasteiger partial charge in [0.1, 0.15) is 0 Å². The molecule has 2 aromatic carbocycles. The summed E-state index contributed by atoms with van der Waals surface area (Å²) in [6.07, 6.45) is 2.37. The largest absolute Gasteiger partial charge is 0.493 e. The summed E-state index contributed by atoms with van der Waals surface area (Å²) in [4.78, 5) is 27.0. The summed E-state index contributed by atoms with van der Waals surface area (Å²) in [6, 6.07) is 13.5. The van der Waals surface area contributed by atoms with Gasteiger partial charge in [0.05, 0.1) is 19.8 Å². The summed E-state index contributed by atoms with van der Waals surface area (Å²) >= 11 is 0. The number of nitrogens with zero attached hydrogens (tertiary/aromatic N) is 1. The van der Waals surface area contributed by atoms with Crippen LogP contribution in [0.25, 0.3) is 0 Å². The summed E-state index contributed by atoms with van der Waals surface area (Å²) in [7, 11) is 3.22. The molecule has 0 aliphatic carbocycles. The molecule has 3 rings (SSSR count). The molecule has 1 aliphatic heterocycles. The highest BCUT2D eigenvalue weighted by molar-refractivity contribution is 5.99. The summed E-state index contributed by atoms with van der Waals surface area (Å²) in [5.41, 5.74) is 2.65. The Kier molecular flexibility index (Phi) is 8.80. The number of nitrogens with one attached hydrogen (secondary N) is 3. The average Bonchev–Trinajstić information content (AvgIpc) is 2.84. The number of para-hydroxylation sites is 1. The number of hydrogen-bond donors (Lipinski definition) is 3. The second kappa shape index (κ2) is 12.0. The van der Waals surface area contributed by atoms with E-state index < -0.39 is 0 Å². The number of carbonyl (C=O) groups excluding carboxylic acids is 2. The normalized spacial score (nSPS) is 13.8. The van der Waals surface area contributed by atoms with Crippen molar-refractivity contribution < 1.29 is 19.1 Å². The average molecular weight is 455 g/mol. The predicted octanol–water partition coefficient (Wildman–Crippen LogP) is 2.96. The number of amides is 3. The molecule has 178 valence electrons. The van der Waals surface area contributed by atoms with Crippen LogP contribution in [0.15, 0.2) is 42.5 Å². The monoisotopic (exact) mass is 454 g/mol. The fraction of sp³-hybridized carbons (Fsp3) is 0.440. The van der Waals surface area contributed by atoms with Gasteiger partial charge in [0.2, 0.25) is 0 Å². The second-order valence-corrected chi connectivity index (χ2v) is 7.98. The molecule has 8 nitrogen and oxygen atoms in total. The maximum absolute atomic E-state index is 13.0. The summed E-state index contributed by atoms with van der Waals surface area (Å²) < 4.78 is 10.6. The van der Waals surface area contributed by atoms with Crippen LogP contribution in [0, 0.1) is 0 Å². The molecule has 0 aromatic heterocycles. The van der Waals surface area contributed by atoms with Gasteiger partial charge in [-0.1, -0.05) is 18.2 Å². The van der Waals surface area contributed by atoms with Gasteiger partial charge in [0.25, 0.3) is 5.91 Å². The van der Waals surface area contributed by atoms with Crippen molar-refractivity contribution in [1.29, 1.82) is 0 Å². The summed E-state index contributed by atoms with van der Waals surface area (Å²) in [5.74, 6) is 1.27. The Labute approximate surface area is 195 Å². The molecule has 3 N–H and O–H groups in total. The van der Waals surface area contributed by atoms with Crippen LogP contribution in [0.1, 0.15) is 35.7 Å². The van der Waals surface area contributed by atoms with Crippen molar-refractivity contribution in [2.45, 2.75) is 32.2 Å². The zero-order valence-electron chi connectivity index (χ0n) is 19.6. The molecule has 1 heterocycles. The minimum atomic E-state index is -0.120. The van der Waals surface area contributed by atoms with Gasteiger partial charge < -0.3 is 30.3 Å². The lowest BCUT2D eigenvalue weighted by molar-refractivity contribution is 0.0954. The van der Waals surface area contributed by atoms with Crippen molar-refractivity contribution in [1.82, 2.24) is 16.0 Å². The summed E-state index contributed by atoms with van der Waals surface area (Å²) in [5, 5.41) is 8.83. The topological polar surface area (TPSA) is 91.9 Å². The van der Waals surface area contributed by atoms with Gasteiger partial charge in [-0.3, -0.25) is 4.79 Å². The third-order valence-electron chi connectivity index (χ3n) is 5.80. The van der Waals surface area contributed by atoms with Crippen molar-refractivity contribution in [2.75, 3.05) is 45.3 Å². The molecular weight excluding hydrogens is 420 g/mol. The third kappa shape index (κ3) is 6.54. The first-order valence-corrected chi connectivity index (χ1v) is 11.4. The highest BCUT2D eigenvalue weighted by atomic mass is 16.5. The van der Waals surface area contributed by atoms with Crippen molar-refractivity contribution >= 4 is 17.6 Å².